The van der Waals surface area contributed by atoms with Gasteiger partial charge in [-0.25, -0.2) is 4.98 Å². The van der Waals surface area contributed by atoms with Gasteiger partial charge in [0, 0.05) is 13.0 Å². The summed E-state index contributed by atoms with van der Waals surface area (Å²) >= 11 is 0. The second-order valence-electron chi connectivity index (χ2n) is 5.84. The highest BCUT2D eigenvalue weighted by Crippen LogP contribution is 2.42. The van der Waals surface area contributed by atoms with E-state index in [1.807, 2.05) is 4.68 Å². The Balaban J connectivity index is 2.14. The minimum Gasteiger partial charge on any atom is -0.250 e. The van der Waals surface area contributed by atoms with Crippen LogP contribution < -0.4 is 0 Å². The highest BCUT2D eigenvalue weighted by atomic mass is 15.3. The van der Waals surface area contributed by atoms with Crippen molar-refractivity contribution in [3.05, 3.63) is 12.2 Å². The van der Waals surface area contributed by atoms with Crippen LogP contribution in [-0.4, -0.2) is 14.8 Å². The van der Waals surface area contributed by atoms with Crippen molar-refractivity contribution >= 4 is 0 Å². The van der Waals surface area contributed by atoms with E-state index in [1.165, 1.54) is 19.3 Å². The topological polar surface area (TPSA) is 54.5 Å². The molecule has 0 saturated heterocycles. The zero-order valence-corrected chi connectivity index (χ0v) is 12.1. The Morgan fingerprint density at radius 2 is 2.37 bits per heavy atom. The molecule has 1 aromatic rings. The molecule has 104 valence electrons. The second-order valence-corrected chi connectivity index (χ2v) is 5.84. The average Bonchev–Trinajstić information content (AvgIpc) is 2.86. The summed E-state index contributed by atoms with van der Waals surface area (Å²) in [7, 11) is 0. The fraction of sp³-hybridized carbons (Fsp3) is 0.800. The molecule has 2 unspecified atom stereocenters. The van der Waals surface area contributed by atoms with E-state index >= 15 is 0 Å². The molecule has 1 aliphatic carbocycles. The number of aryl methyl sites for hydroxylation is 1. The van der Waals surface area contributed by atoms with Gasteiger partial charge in [-0.2, -0.15) is 10.4 Å². The van der Waals surface area contributed by atoms with Gasteiger partial charge in [-0.05, 0) is 25.2 Å². The third kappa shape index (κ3) is 3.15. The molecule has 2 rings (SSSR count). The predicted octanol–water partition coefficient (Wildman–Crippen LogP) is 3.34. The Morgan fingerprint density at radius 1 is 1.53 bits per heavy atom. The summed E-state index contributed by atoms with van der Waals surface area (Å²) in [5.41, 5.74) is -0.211. The van der Waals surface area contributed by atoms with Crippen LogP contribution in [0.1, 0.15) is 58.2 Å². The lowest BCUT2D eigenvalue weighted by Gasteiger charge is -2.35. The van der Waals surface area contributed by atoms with Crippen LogP contribution in [0.3, 0.4) is 0 Å². The summed E-state index contributed by atoms with van der Waals surface area (Å²) in [6.07, 6.45) is 9.11. The van der Waals surface area contributed by atoms with Crippen molar-refractivity contribution in [2.75, 3.05) is 0 Å². The second kappa shape index (κ2) is 6.18. The van der Waals surface area contributed by atoms with E-state index in [0.717, 1.165) is 38.1 Å². The van der Waals surface area contributed by atoms with E-state index in [4.69, 9.17) is 0 Å². The summed E-state index contributed by atoms with van der Waals surface area (Å²) < 4.78 is 1.97. The summed E-state index contributed by atoms with van der Waals surface area (Å²) in [6.45, 7) is 5.27. The SMILES string of the molecule is CCCn1ncnc1CC1(C#N)CCCC(CC)C1. The van der Waals surface area contributed by atoms with Crippen LogP contribution in [0, 0.1) is 22.7 Å². The van der Waals surface area contributed by atoms with Gasteiger partial charge in [0.25, 0.3) is 0 Å². The predicted molar refractivity (Wildman–Crippen MR) is 74.3 cm³/mol. The summed E-state index contributed by atoms with van der Waals surface area (Å²) in [5, 5.41) is 13.9. The molecule has 4 nitrogen and oxygen atoms in total. The first kappa shape index (κ1) is 14.0. The fourth-order valence-electron chi connectivity index (χ4n) is 3.26. The minimum absolute atomic E-state index is 0.211. The van der Waals surface area contributed by atoms with Crippen molar-refractivity contribution in [1.82, 2.24) is 14.8 Å². The lowest BCUT2D eigenvalue weighted by Crippen LogP contribution is -2.30. The monoisotopic (exact) mass is 260 g/mol. The first-order valence-electron chi connectivity index (χ1n) is 7.51. The van der Waals surface area contributed by atoms with Crippen LogP contribution in [0.2, 0.25) is 0 Å². The maximum Gasteiger partial charge on any atom is 0.138 e. The van der Waals surface area contributed by atoms with Crippen LogP contribution in [0.25, 0.3) is 0 Å². The summed E-state index contributed by atoms with van der Waals surface area (Å²) in [4.78, 5) is 4.37. The zero-order valence-electron chi connectivity index (χ0n) is 12.1. The molecule has 4 heteroatoms. The van der Waals surface area contributed by atoms with Gasteiger partial charge in [-0.1, -0.05) is 33.1 Å². The molecule has 0 bridgehead atoms. The van der Waals surface area contributed by atoms with E-state index in [2.05, 4.69) is 30.0 Å². The quantitative estimate of drug-likeness (QED) is 0.816. The smallest absolute Gasteiger partial charge is 0.138 e. The number of nitrogens with zero attached hydrogens (tertiary/aromatic N) is 4. The van der Waals surface area contributed by atoms with Crippen LogP contribution >= 0.6 is 0 Å². The van der Waals surface area contributed by atoms with E-state index in [-0.39, 0.29) is 5.41 Å². The van der Waals surface area contributed by atoms with Crippen molar-refractivity contribution in [3.8, 4) is 6.07 Å². The number of rotatable bonds is 5. The zero-order chi connectivity index (χ0) is 13.7. The maximum atomic E-state index is 9.67. The molecule has 1 aromatic heterocycles. The highest BCUT2D eigenvalue weighted by Gasteiger charge is 2.37. The average molecular weight is 260 g/mol. The fourth-order valence-corrected chi connectivity index (χ4v) is 3.26. The third-order valence-electron chi connectivity index (χ3n) is 4.39. The molecule has 0 radical (unpaired) electrons. The number of aromatic nitrogens is 3. The van der Waals surface area contributed by atoms with Gasteiger partial charge in [0.15, 0.2) is 0 Å². The van der Waals surface area contributed by atoms with Gasteiger partial charge >= 0.3 is 0 Å². The van der Waals surface area contributed by atoms with Gasteiger partial charge in [-0.3, -0.25) is 4.68 Å². The number of hydrogen-bond donors (Lipinski definition) is 0. The molecule has 0 aromatic carbocycles. The summed E-state index contributed by atoms with van der Waals surface area (Å²) in [5.74, 6) is 1.69. The first-order chi connectivity index (χ1) is 9.23. The normalized spacial score (nSPS) is 27.1. The van der Waals surface area contributed by atoms with Crippen LogP contribution in [0.5, 0.6) is 0 Å². The highest BCUT2D eigenvalue weighted by molar-refractivity contribution is 5.07. The first-order valence-corrected chi connectivity index (χ1v) is 7.51. The van der Waals surface area contributed by atoms with Crippen LogP contribution in [-0.2, 0) is 13.0 Å². The Bertz CT molecular complexity index is 445. The van der Waals surface area contributed by atoms with E-state index in [9.17, 15) is 5.26 Å². The molecule has 0 N–H and O–H groups in total. The van der Waals surface area contributed by atoms with E-state index in [0.29, 0.717) is 5.92 Å². The standard InChI is InChI=1S/C15H24N4/c1-3-8-19-14(17-12-18-19)10-15(11-16)7-5-6-13(4-2)9-15/h12-13H,3-10H2,1-2H3. The van der Waals surface area contributed by atoms with Crippen molar-refractivity contribution < 1.29 is 0 Å². The molecule has 2 atom stereocenters. The van der Waals surface area contributed by atoms with Crippen molar-refractivity contribution in [3.63, 3.8) is 0 Å². The van der Waals surface area contributed by atoms with Crippen molar-refractivity contribution in [1.29, 1.82) is 5.26 Å². The molecule has 0 aliphatic heterocycles. The van der Waals surface area contributed by atoms with Gasteiger partial charge in [0.1, 0.15) is 12.2 Å². The molecule has 1 aliphatic rings. The van der Waals surface area contributed by atoms with E-state index < -0.39 is 0 Å². The van der Waals surface area contributed by atoms with Gasteiger partial charge in [0.2, 0.25) is 0 Å². The largest absolute Gasteiger partial charge is 0.250 e. The van der Waals surface area contributed by atoms with Crippen molar-refractivity contribution in [2.45, 2.75) is 65.3 Å². The molecule has 0 amide bonds. The Morgan fingerprint density at radius 3 is 3.05 bits per heavy atom. The maximum absolute atomic E-state index is 9.67. The molecular weight excluding hydrogens is 236 g/mol. The Hall–Kier alpha value is -1.37. The van der Waals surface area contributed by atoms with Gasteiger partial charge < -0.3 is 0 Å². The molecule has 19 heavy (non-hydrogen) atoms. The third-order valence-corrected chi connectivity index (χ3v) is 4.39. The number of nitriles is 1. The Kier molecular flexibility index (Phi) is 4.57. The summed E-state index contributed by atoms with van der Waals surface area (Å²) in [6, 6.07) is 2.61. The molecule has 0 spiro atoms. The van der Waals surface area contributed by atoms with Crippen LogP contribution in [0.4, 0.5) is 0 Å². The lowest BCUT2D eigenvalue weighted by molar-refractivity contribution is 0.189. The Labute approximate surface area is 115 Å². The van der Waals surface area contributed by atoms with Crippen LogP contribution in [0.15, 0.2) is 6.33 Å². The number of hydrogen-bond acceptors (Lipinski definition) is 3. The molecule has 1 saturated carbocycles. The van der Waals surface area contributed by atoms with Crippen molar-refractivity contribution in [2.24, 2.45) is 11.3 Å². The van der Waals surface area contributed by atoms with Gasteiger partial charge in [0.05, 0.1) is 11.5 Å². The minimum atomic E-state index is -0.211. The van der Waals surface area contributed by atoms with E-state index in [1.54, 1.807) is 6.33 Å². The molecule has 1 heterocycles. The lowest BCUT2D eigenvalue weighted by atomic mass is 9.68. The molecule has 1 fully saturated rings. The van der Waals surface area contributed by atoms with Gasteiger partial charge in [-0.15, -0.1) is 0 Å². The molecular formula is C15H24N4.